The highest BCUT2D eigenvalue weighted by Gasteiger charge is 2.16. The first-order chi connectivity index (χ1) is 11.7. The van der Waals surface area contributed by atoms with Gasteiger partial charge in [-0.05, 0) is 40.8 Å². The number of rotatable bonds is 5. The maximum absolute atomic E-state index is 12.9. The summed E-state index contributed by atoms with van der Waals surface area (Å²) in [4.78, 5) is 13.4. The van der Waals surface area contributed by atoms with Crippen LogP contribution in [0, 0.1) is 5.82 Å². The van der Waals surface area contributed by atoms with Gasteiger partial charge in [0, 0.05) is 11.0 Å². The van der Waals surface area contributed by atoms with Crippen LogP contribution in [0.15, 0.2) is 78.2 Å². The van der Waals surface area contributed by atoms with Gasteiger partial charge < -0.3 is 5.32 Å². The SMILES string of the molecule is O=C(/C=C/c1ccc(F)cc1)N[C@H](c1ccccc1)c1cccs1. The highest BCUT2D eigenvalue weighted by atomic mass is 32.1. The van der Waals surface area contributed by atoms with E-state index in [0.717, 1.165) is 16.0 Å². The van der Waals surface area contributed by atoms with E-state index in [1.54, 1.807) is 29.5 Å². The summed E-state index contributed by atoms with van der Waals surface area (Å²) in [5.74, 6) is -0.486. The second-order valence-electron chi connectivity index (χ2n) is 5.25. The Balaban J connectivity index is 1.75. The van der Waals surface area contributed by atoms with Gasteiger partial charge in [0.15, 0.2) is 0 Å². The van der Waals surface area contributed by atoms with Gasteiger partial charge in [0.2, 0.25) is 5.91 Å². The number of carbonyl (C=O) groups is 1. The largest absolute Gasteiger partial charge is 0.341 e. The summed E-state index contributed by atoms with van der Waals surface area (Å²) in [5, 5.41) is 5.02. The predicted octanol–water partition coefficient (Wildman–Crippen LogP) is 4.81. The molecule has 0 aliphatic carbocycles. The van der Waals surface area contributed by atoms with Crippen LogP contribution in [-0.2, 0) is 4.79 Å². The van der Waals surface area contributed by atoms with Gasteiger partial charge in [0.25, 0.3) is 0 Å². The number of halogens is 1. The fourth-order valence-electron chi connectivity index (χ4n) is 2.36. The molecule has 3 aromatic rings. The Kier molecular flexibility index (Phi) is 5.18. The molecule has 0 spiro atoms. The molecule has 0 radical (unpaired) electrons. The summed E-state index contributed by atoms with van der Waals surface area (Å²) >= 11 is 1.60. The van der Waals surface area contributed by atoms with E-state index in [-0.39, 0.29) is 17.8 Å². The Hall–Kier alpha value is -2.72. The van der Waals surface area contributed by atoms with E-state index in [1.807, 2.05) is 47.8 Å². The van der Waals surface area contributed by atoms with E-state index < -0.39 is 0 Å². The van der Waals surface area contributed by atoms with Crippen LogP contribution in [0.1, 0.15) is 22.0 Å². The van der Waals surface area contributed by atoms with Crippen molar-refractivity contribution in [2.24, 2.45) is 0 Å². The highest BCUT2D eigenvalue weighted by molar-refractivity contribution is 7.10. The summed E-state index contributed by atoms with van der Waals surface area (Å²) in [7, 11) is 0. The first-order valence-electron chi connectivity index (χ1n) is 7.55. The summed E-state index contributed by atoms with van der Waals surface area (Å²) in [6.45, 7) is 0. The third-order valence-electron chi connectivity index (χ3n) is 3.54. The number of benzene rings is 2. The zero-order chi connectivity index (χ0) is 16.8. The number of nitrogens with one attached hydrogen (secondary N) is 1. The molecule has 2 nitrogen and oxygen atoms in total. The van der Waals surface area contributed by atoms with Crippen LogP contribution < -0.4 is 5.32 Å². The number of hydrogen-bond donors (Lipinski definition) is 1. The molecular formula is C20H16FNOS. The molecule has 1 heterocycles. The van der Waals surface area contributed by atoms with Crippen molar-refractivity contribution in [3.05, 3.63) is 100 Å². The standard InChI is InChI=1S/C20H16FNOS/c21-17-11-8-15(9-12-17)10-13-19(23)22-20(18-7-4-14-24-18)16-5-2-1-3-6-16/h1-14,20H,(H,22,23)/b13-10+/t20-/m1/s1. The molecule has 1 aromatic heterocycles. The van der Waals surface area contributed by atoms with Crippen LogP contribution in [0.3, 0.4) is 0 Å². The zero-order valence-corrected chi connectivity index (χ0v) is 13.7. The van der Waals surface area contributed by atoms with Crippen molar-refractivity contribution < 1.29 is 9.18 Å². The van der Waals surface area contributed by atoms with Crippen LogP contribution >= 0.6 is 11.3 Å². The van der Waals surface area contributed by atoms with Gasteiger partial charge >= 0.3 is 0 Å². The highest BCUT2D eigenvalue weighted by Crippen LogP contribution is 2.25. The van der Waals surface area contributed by atoms with Crippen LogP contribution in [0.25, 0.3) is 6.08 Å². The lowest BCUT2D eigenvalue weighted by molar-refractivity contribution is -0.116. The molecule has 120 valence electrons. The minimum atomic E-state index is -0.293. The lowest BCUT2D eigenvalue weighted by atomic mass is 10.1. The predicted molar refractivity (Wildman–Crippen MR) is 96.2 cm³/mol. The molecule has 0 unspecified atom stereocenters. The summed E-state index contributed by atoms with van der Waals surface area (Å²) in [5.41, 5.74) is 1.81. The molecule has 0 aliphatic rings. The molecule has 24 heavy (non-hydrogen) atoms. The Labute approximate surface area is 144 Å². The number of hydrogen-bond acceptors (Lipinski definition) is 2. The summed E-state index contributed by atoms with van der Waals surface area (Å²) < 4.78 is 12.9. The van der Waals surface area contributed by atoms with E-state index in [0.29, 0.717) is 0 Å². The van der Waals surface area contributed by atoms with Crippen molar-refractivity contribution in [2.45, 2.75) is 6.04 Å². The van der Waals surface area contributed by atoms with Crippen LogP contribution in [0.5, 0.6) is 0 Å². The molecule has 1 amide bonds. The van der Waals surface area contributed by atoms with E-state index >= 15 is 0 Å². The number of amides is 1. The number of carbonyl (C=O) groups excluding carboxylic acids is 1. The van der Waals surface area contributed by atoms with Crippen molar-refractivity contribution >= 4 is 23.3 Å². The minimum Gasteiger partial charge on any atom is -0.341 e. The van der Waals surface area contributed by atoms with Gasteiger partial charge in [0.05, 0.1) is 6.04 Å². The van der Waals surface area contributed by atoms with E-state index in [4.69, 9.17) is 0 Å². The van der Waals surface area contributed by atoms with Gasteiger partial charge in [-0.2, -0.15) is 0 Å². The van der Waals surface area contributed by atoms with Gasteiger partial charge in [-0.25, -0.2) is 4.39 Å². The molecule has 3 rings (SSSR count). The van der Waals surface area contributed by atoms with E-state index in [1.165, 1.54) is 18.2 Å². The van der Waals surface area contributed by atoms with Crippen molar-refractivity contribution in [2.75, 3.05) is 0 Å². The Bertz CT molecular complexity index is 811. The van der Waals surface area contributed by atoms with E-state index in [9.17, 15) is 9.18 Å². The lowest BCUT2D eigenvalue weighted by Crippen LogP contribution is -2.27. The van der Waals surface area contributed by atoms with Gasteiger partial charge in [0.1, 0.15) is 5.82 Å². The molecular weight excluding hydrogens is 321 g/mol. The molecule has 0 fully saturated rings. The Morgan fingerprint density at radius 2 is 1.75 bits per heavy atom. The molecule has 2 aromatic carbocycles. The smallest absolute Gasteiger partial charge is 0.244 e. The van der Waals surface area contributed by atoms with Crippen LogP contribution in [-0.4, -0.2) is 5.91 Å². The maximum atomic E-state index is 12.9. The zero-order valence-electron chi connectivity index (χ0n) is 12.9. The fourth-order valence-corrected chi connectivity index (χ4v) is 3.16. The average molecular weight is 337 g/mol. The molecule has 4 heteroatoms. The van der Waals surface area contributed by atoms with Crippen molar-refractivity contribution in [3.8, 4) is 0 Å². The molecule has 0 saturated carbocycles. The first kappa shape index (κ1) is 16.1. The Morgan fingerprint density at radius 3 is 2.42 bits per heavy atom. The van der Waals surface area contributed by atoms with Gasteiger partial charge in [-0.15, -0.1) is 11.3 Å². The van der Waals surface area contributed by atoms with Gasteiger partial charge in [-0.3, -0.25) is 4.79 Å². The molecule has 1 N–H and O–H groups in total. The summed E-state index contributed by atoms with van der Waals surface area (Å²) in [6, 6.07) is 19.6. The molecule has 0 saturated heterocycles. The molecule has 0 aliphatic heterocycles. The topological polar surface area (TPSA) is 29.1 Å². The first-order valence-corrected chi connectivity index (χ1v) is 8.43. The number of thiophene rings is 1. The van der Waals surface area contributed by atoms with E-state index in [2.05, 4.69) is 5.32 Å². The second-order valence-corrected chi connectivity index (χ2v) is 6.23. The van der Waals surface area contributed by atoms with Crippen molar-refractivity contribution in [1.29, 1.82) is 0 Å². The lowest BCUT2D eigenvalue weighted by Gasteiger charge is -2.17. The van der Waals surface area contributed by atoms with Gasteiger partial charge in [-0.1, -0.05) is 48.5 Å². The van der Waals surface area contributed by atoms with Crippen LogP contribution in [0.4, 0.5) is 4.39 Å². The quantitative estimate of drug-likeness (QED) is 0.665. The third kappa shape index (κ3) is 4.18. The summed E-state index contributed by atoms with van der Waals surface area (Å²) in [6.07, 6.45) is 3.14. The molecule has 1 atom stereocenters. The normalized spacial score (nSPS) is 12.2. The fraction of sp³-hybridized carbons (Fsp3) is 0.0500. The van der Waals surface area contributed by atoms with Crippen molar-refractivity contribution in [3.63, 3.8) is 0 Å². The monoisotopic (exact) mass is 337 g/mol. The minimum absolute atomic E-state index is 0.184. The van der Waals surface area contributed by atoms with Crippen molar-refractivity contribution in [1.82, 2.24) is 5.32 Å². The Morgan fingerprint density at radius 1 is 1.00 bits per heavy atom. The maximum Gasteiger partial charge on any atom is 0.244 e. The second kappa shape index (κ2) is 7.70. The average Bonchev–Trinajstić information content (AvgIpc) is 3.14. The van der Waals surface area contributed by atoms with Crippen LogP contribution in [0.2, 0.25) is 0 Å². The third-order valence-corrected chi connectivity index (χ3v) is 4.48. The molecule has 0 bridgehead atoms.